The first-order valence-corrected chi connectivity index (χ1v) is 18.3. The minimum Gasteiger partial charge on any atom is -0.309 e. The molecular weight excluding hydrogens is 615 g/mol. The maximum Gasteiger partial charge on any atom is 0.171 e. The Hall–Kier alpha value is -6.02. The van der Waals surface area contributed by atoms with E-state index < -0.39 is 7.14 Å². The van der Waals surface area contributed by atoms with Gasteiger partial charge in [0.05, 0.1) is 16.6 Å². The molecule has 10 aromatic rings. The van der Waals surface area contributed by atoms with Crippen molar-refractivity contribution in [3.8, 4) is 11.1 Å². The van der Waals surface area contributed by atoms with E-state index in [4.69, 9.17) is 4.98 Å². The molecule has 0 saturated carbocycles. The number of hydrogen-bond donors (Lipinski definition) is 0. The predicted molar refractivity (Wildman–Crippen MR) is 208 cm³/mol. The van der Waals surface area contributed by atoms with Gasteiger partial charge >= 0.3 is 0 Å². The Kier molecular flexibility index (Phi) is 6.15. The van der Waals surface area contributed by atoms with Crippen molar-refractivity contribution >= 4 is 83.0 Å². The highest BCUT2D eigenvalue weighted by Crippen LogP contribution is 2.46. The van der Waals surface area contributed by atoms with Gasteiger partial charge in [0.2, 0.25) is 0 Å². The molecule has 0 aliphatic carbocycles. The van der Waals surface area contributed by atoms with Gasteiger partial charge in [0.1, 0.15) is 5.65 Å². The molecule has 8 aromatic carbocycles. The SMILES string of the molecule is O=P(c1ccccc1)(c1ccccc1)c1ccc(-c2ccc3nc4c5ccccc5c5ccc6ccccc6c5n4c3c2)c2ccccc12. The van der Waals surface area contributed by atoms with Crippen LogP contribution in [0.25, 0.3) is 71.0 Å². The summed E-state index contributed by atoms with van der Waals surface area (Å²) >= 11 is 0. The molecule has 0 aliphatic rings. The first-order chi connectivity index (χ1) is 24.2. The molecule has 10 rings (SSSR count). The summed E-state index contributed by atoms with van der Waals surface area (Å²) in [5.41, 5.74) is 6.32. The number of nitrogens with zero attached hydrogens (tertiary/aromatic N) is 2. The van der Waals surface area contributed by atoms with Gasteiger partial charge in [0, 0.05) is 32.1 Å². The van der Waals surface area contributed by atoms with Gasteiger partial charge in [-0.2, -0.15) is 0 Å². The van der Waals surface area contributed by atoms with Gasteiger partial charge in [-0.15, -0.1) is 0 Å². The van der Waals surface area contributed by atoms with Crippen LogP contribution in [-0.2, 0) is 4.57 Å². The van der Waals surface area contributed by atoms with Gasteiger partial charge in [-0.3, -0.25) is 4.40 Å². The van der Waals surface area contributed by atoms with E-state index in [1.807, 2.05) is 66.7 Å². The Morgan fingerprint density at radius 2 is 1.08 bits per heavy atom. The van der Waals surface area contributed by atoms with E-state index in [1.165, 1.54) is 27.1 Å². The number of hydrogen-bond acceptors (Lipinski definition) is 2. The zero-order valence-corrected chi connectivity index (χ0v) is 27.4. The molecule has 3 nitrogen and oxygen atoms in total. The Bertz CT molecular complexity index is 2920. The quantitative estimate of drug-likeness (QED) is 0.141. The number of pyridine rings is 1. The summed E-state index contributed by atoms with van der Waals surface area (Å²) in [7, 11) is -3.18. The van der Waals surface area contributed by atoms with Crippen LogP contribution in [0.5, 0.6) is 0 Å². The van der Waals surface area contributed by atoms with Crippen LogP contribution in [0.4, 0.5) is 0 Å². The van der Waals surface area contributed by atoms with Gasteiger partial charge in [-0.1, -0.05) is 158 Å². The Morgan fingerprint density at radius 3 is 1.82 bits per heavy atom. The third-order valence-corrected chi connectivity index (χ3v) is 13.1. The van der Waals surface area contributed by atoms with Crippen molar-refractivity contribution in [2.24, 2.45) is 0 Å². The van der Waals surface area contributed by atoms with Crippen molar-refractivity contribution < 1.29 is 4.57 Å². The second kappa shape index (κ2) is 10.8. The normalized spacial score (nSPS) is 12.2. The highest BCUT2D eigenvalue weighted by atomic mass is 31.2. The third-order valence-electron chi connectivity index (χ3n) is 10.0. The summed E-state index contributed by atoms with van der Waals surface area (Å²) in [6.45, 7) is 0. The lowest BCUT2D eigenvalue weighted by molar-refractivity contribution is 0.592. The van der Waals surface area contributed by atoms with E-state index in [2.05, 4.69) is 114 Å². The molecule has 0 saturated heterocycles. The van der Waals surface area contributed by atoms with E-state index in [1.54, 1.807) is 0 Å². The highest BCUT2D eigenvalue weighted by Gasteiger charge is 2.31. The first-order valence-electron chi connectivity index (χ1n) is 16.6. The molecule has 0 spiro atoms. The molecule has 0 N–H and O–H groups in total. The summed E-state index contributed by atoms with van der Waals surface area (Å²) in [4.78, 5) is 5.24. The minimum absolute atomic E-state index is 0.831. The predicted octanol–water partition coefficient (Wildman–Crippen LogP) is 10.4. The standard InChI is InChI=1S/C45H29N2OP/c48-49(32-14-3-1-4-15-32,33-16-5-2-6-17-33)43-28-26-34(36-19-9-11-21-38(36)43)31-24-27-41-42(29-31)47-44-35-18-8-7-13-30(35)23-25-39(44)37-20-10-12-22-40(37)45(47)46-41/h1-29H. The van der Waals surface area contributed by atoms with Crippen molar-refractivity contribution in [1.29, 1.82) is 0 Å². The van der Waals surface area contributed by atoms with Crippen molar-refractivity contribution in [2.75, 3.05) is 0 Å². The number of benzene rings is 8. The van der Waals surface area contributed by atoms with E-state index in [0.29, 0.717) is 0 Å². The fraction of sp³-hybridized carbons (Fsp3) is 0. The van der Waals surface area contributed by atoms with Crippen LogP contribution < -0.4 is 15.9 Å². The zero-order chi connectivity index (χ0) is 32.5. The summed E-state index contributed by atoms with van der Waals surface area (Å²) in [5, 5.41) is 10.5. The lowest BCUT2D eigenvalue weighted by Gasteiger charge is -2.22. The maximum atomic E-state index is 15.5. The van der Waals surface area contributed by atoms with Gasteiger partial charge in [-0.25, -0.2) is 4.98 Å². The van der Waals surface area contributed by atoms with Crippen LogP contribution in [0.1, 0.15) is 0 Å². The molecular formula is C45H29N2OP. The summed E-state index contributed by atoms with van der Waals surface area (Å²) in [5.74, 6) is 0. The average molecular weight is 645 g/mol. The van der Waals surface area contributed by atoms with Crippen LogP contribution in [0.2, 0.25) is 0 Å². The molecule has 0 radical (unpaired) electrons. The molecule has 0 atom stereocenters. The largest absolute Gasteiger partial charge is 0.309 e. The minimum atomic E-state index is -3.18. The molecule has 49 heavy (non-hydrogen) atoms. The fourth-order valence-corrected chi connectivity index (χ4v) is 10.6. The Labute approximate surface area is 283 Å². The molecule has 230 valence electrons. The summed E-state index contributed by atoms with van der Waals surface area (Å²) in [6, 6.07) is 60.7. The second-order valence-electron chi connectivity index (χ2n) is 12.7. The van der Waals surface area contributed by atoms with Crippen LogP contribution in [0.3, 0.4) is 0 Å². The topological polar surface area (TPSA) is 34.4 Å². The van der Waals surface area contributed by atoms with E-state index in [0.717, 1.165) is 59.9 Å². The second-order valence-corrected chi connectivity index (χ2v) is 15.4. The molecule has 0 fully saturated rings. The lowest BCUT2D eigenvalue weighted by Crippen LogP contribution is -2.25. The number of rotatable bonds is 4. The third kappa shape index (κ3) is 4.10. The zero-order valence-electron chi connectivity index (χ0n) is 26.5. The monoisotopic (exact) mass is 644 g/mol. The summed E-state index contributed by atoms with van der Waals surface area (Å²) in [6.07, 6.45) is 0. The van der Waals surface area contributed by atoms with E-state index in [9.17, 15) is 0 Å². The molecule has 0 amide bonds. The molecule has 0 unspecified atom stereocenters. The lowest BCUT2D eigenvalue weighted by atomic mass is 9.97. The van der Waals surface area contributed by atoms with Crippen molar-refractivity contribution in [1.82, 2.24) is 9.38 Å². The van der Waals surface area contributed by atoms with Crippen LogP contribution in [-0.4, -0.2) is 9.38 Å². The number of fused-ring (bicyclic) bond motifs is 11. The van der Waals surface area contributed by atoms with Crippen molar-refractivity contribution in [3.05, 3.63) is 176 Å². The van der Waals surface area contributed by atoms with Crippen LogP contribution in [0, 0.1) is 0 Å². The van der Waals surface area contributed by atoms with Gasteiger partial charge in [-0.05, 0) is 50.9 Å². The molecule has 2 heterocycles. The van der Waals surface area contributed by atoms with Gasteiger partial charge in [0.15, 0.2) is 7.14 Å². The smallest absolute Gasteiger partial charge is 0.171 e. The summed E-state index contributed by atoms with van der Waals surface area (Å²) < 4.78 is 17.8. The van der Waals surface area contributed by atoms with Crippen molar-refractivity contribution in [2.45, 2.75) is 0 Å². The number of aromatic nitrogens is 2. The van der Waals surface area contributed by atoms with Crippen LogP contribution in [0.15, 0.2) is 176 Å². The molecule has 2 aromatic heterocycles. The first kappa shape index (κ1) is 28.0. The van der Waals surface area contributed by atoms with E-state index >= 15 is 4.57 Å². The fourth-order valence-electron chi connectivity index (χ4n) is 7.79. The van der Waals surface area contributed by atoms with Crippen molar-refractivity contribution in [3.63, 3.8) is 0 Å². The maximum absolute atomic E-state index is 15.5. The number of imidazole rings is 1. The van der Waals surface area contributed by atoms with Crippen LogP contribution >= 0.6 is 7.14 Å². The van der Waals surface area contributed by atoms with Gasteiger partial charge in [0.25, 0.3) is 0 Å². The Morgan fingerprint density at radius 1 is 0.469 bits per heavy atom. The molecule has 0 bridgehead atoms. The van der Waals surface area contributed by atoms with Gasteiger partial charge < -0.3 is 4.57 Å². The molecule has 0 aliphatic heterocycles. The van der Waals surface area contributed by atoms with E-state index in [-0.39, 0.29) is 0 Å². The average Bonchev–Trinajstić information content (AvgIpc) is 3.57. The molecule has 4 heteroatoms. The Balaban J connectivity index is 1.27. The highest BCUT2D eigenvalue weighted by molar-refractivity contribution is 7.85.